The third-order valence-electron chi connectivity index (χ3n) is 4.45. The van der Waals surface area contributed by atoms with Crippen LogP contribution >= 0.6 is 11.3 Å². The van der Waals surface area contributed by atoms with E-state index in [2.05, 4.69) is 10.6 Å². The summed E-state index contributed by atoms with van der Waals surface area (Å²) in [5, 5.41) is 26.4. The van der Waals surface area contributed by atoms with Gasteiger partial charge in [0.1, 0.15) is 0 Å². The molecule has 1 aliphatic rings. The number of piperazine rings is 1. The minimum absolute atomic E-state index is 0.00103. The first-order chi connectivity index (χ1) is 11.5. The fourth-order valence-electron chi connectivity index (χ4n) is 2.74. The highest BCUT2D eigenvalue weighted by Crippen LogP contribution is 2.18. The number of aliphatic hydroxyl groups excluding tert-OH is 2. The van der Waals surface area contributed by atoms with Gasteiger partial charge in [0.15, 0.2) is 0 Å². The summed E-state index contributed by atoms with van der Waals surface area (Å²) >= 11 is 1.62. The summed E-state index contributed by atoms with van der Waals surface area (Å²) in [6.45, 7) is 2.96. The first-order valence-corrected chi connectivity index (χ1v) is 8.98. The molecule has 2 amide bonds. The maximum absolute atomic E-state index is 12.4. The second kappa shape index (κ2) is 8.57. The van der Waals surface area contributed by atoms with E-state index >= 15 is 0 Å². The van der Waals surface area contributed by atoms with Crippen LogP contribution in [0, 0.1) is 0 Å². The van der Waals surface area contributed by atoms with E-state index in [0.717, 1.165) is 4.88 Å². The van der Waals surface area contributed by atoms with Crippen molar-refractivity contribution < 1.29 is 19.8 Å². The molecular formula is C16H25N3O4S. The van der Waals surface area contributed by atoms with Gasteiger partial charge >= 0.3 is 0 Å². The van der Waals surface area contributed by atoms with E-state index < -0.39 is 11.6 Å². The Bertz CT molecular complexity index is 537. The molecule has 24 heavy (non-hydrogen) atoms. The van der Waals surface area contributed by atoms with Gasteiger partial charge in [0.25, 0.3) is 0 Å². The molecule has 0 radical (unpaired) electrons. The summed E-state index contributed by atoms with van der Waals surface area (Å²) in [6, 6.07) is 3.42. The molecule has 2 heterocycles. The highest BCUT2D eigenvalue weighted by Gasteiger charge is 2.34. The standard InChI is InChI=1S/C16H25N3O4S/c1-2-16(10-20,11-21)18-14(22)8-13-15(23)17-5-6-19(13)9-12-4-3-7-24-12/h3-4,7,13,20-21H,2,5-6,8-11H2,1H3,(H,17,23)(H,18,22)/t13-/m1/s1. The van der Waals surface area contributed by atoms with Crippen molar-refractivity contribution in [2.45, 2.75) is 37.9 Å². The molecular weight excluding hydrogens is 330 g/mol. The third-order valence-corrected chi connectivity index (χ3v) is 5.31. The van der Waals surface area contributed by atoms with Crippen molar-refractivity contribution in [3.63, 3.8) is 0 Å². The Balaban J connectivity index is 2.03. The molecule has 0 aliphatic carbocycles. The molecule has 1 aliphatic heterocycles. The van der Waals surface area contributed by atoms with Crippen molar-refractivity contribution in [3.8, 4) is 0 Å². The molecule has 1 fully saturated rings. The number of nitrogens with one attached hydrogen (secondary N) is 2. The van der Waals surface area contributed by atoms with E-state index in [9.17, 15) is 19.8 Å². The third kappa shape index (κ3) is 4.54. The Hall–Kier alpha value is -1.48. The van der Waals surface area contributed by atoms with Gasteiger partial charge < -0.3 is 20.8 Å². The lowest BCUT2D eigenvalue weighted by atomic mass is 9.97. The van der Waals surface area contributed by atoms with Crippen molar-refractivity contribution in [2.75, 3.05) is 26.3 Å². The zero-order valence-corrected chi connectivity index (χ0v) is 14.6. The van der Waals surface area contributed by atoms with Crippen molar-refractivity contribution in [1.29, 1.82) is 0 Å². The van der Waals surface area contributed by atoms with E-state index in [-0.39, 0.29) is 31.4 Å². The minimum atomic E-state index is -1.04. The van der Waals surface area contributed by atoms with Gasteiger partial charge in [-0.1, -0.05) is 13.0 Å². The number of thiophene rings is 1. The van der Waals surface area contributed by atoms with Gasteiger partial charge in [-0.25, -0.2) is 0 Å². The van der Waals surface area contributed by atoms with E-state index in [1.54, 1.807) is 18.3 Å². The molecule has 2 rings (SSSR count). The number of rotatable bonds is 8. The van der Waals surface area contributed by atoms with Gasteiger partial charge in [-0.3, -0.25) is 14.5 Å². The predicted octanol–water partition coefficient (Wildman–Crippen LogP) is -0.312. The first-order valence-electron chi connectivity index (χ1n) is 8.10. The summed E-state index contributed by atoms with van der Waals surface area (Å²) in [7, 11) is 0. The zero-order valence-electron chi connectivity index (χ0n) is 13.8. The molecule has 0 bridgehead atoms. The van der Waals surface area contributed by atoms with Crippen molar-refractivity contribution >= 4 is 23.2 Å². The van der Waals surface area contributed by atoms with Crippen LogP contribution in [0.2, 0.25) is 0 Å². The Morgan fingerprint density at radius 1 is 1.50 bits per heavy atom. The van der Waals surface area contributed by atoms with Crippen LogP contribution in [0.3, 0.4) is 0 Å². The van der Waals surface area contributed by atoms with Crippen LogP contribution in [0.5, 0.6) is 0 Å². The van der Waals surface area contributed by atoms with Gasteiger partial charge in [-0.2, -0.15) is 0 Å². The van der Waals surface area contributed by atoms with Gasteiger partial charge in [0, 0.05) is 24.5 Å². The Kier molecular flexibility index (Phi) is 6.73. The summed E-state index contributed by atoms with van der Waals surface area (Å²) < 4.78 is 0. The number of aliphatic hydroxyl groups is 2. The maximum atomic E-state index is 12.4. The number of hydrogen-bond donors (Lipinski definition) is 4. The molecule has 7 nitrogen and oxygen atoms in total. The topological polar surface area (TPSA) is 102 Å². The molecule has 134 valence electrons. The van der Waals surface area contributed by atoms with Crippen molar-refractivity contribution in [1.82, 2.24) is 15.5 Å². The number of nitrogens with zero attached hydrogens (tertiary/aromatic N) is 1. The average Bonchev–Trinajstić information content (AvgIpc) is 3.09. The van der Waals surface area contributed by atoms with E-state index in [0.29, 0.717) is 26.1 Å². The van der Waals surface area contributed by atoms with Gasteiger partial charge in [-0.15, -0.1) is 11.3 Å². The van der Waals surface area contributed by atoms with Crippen LogP contribution in [-0.4, -0.2) is 64.8 Å². The lowest BCUT2D eigenvalue weighted by Crippen LogP contribution is -2.58. The second-order valence-corrected chi connectivity index (χ2v) is 7.09. The van der Waals surface area contributed by atoms with Gasteiger partial charge in [-0.05, 0) is 17.9 Å². The number of carbonyl (C=O) groups excluding carboxylic acids is 2. The zero-order chi connectivity index (χ0) is 17.6. The first kappa shape index (κ1) is 18.9. The Labute approximate surface area is 145 Å². The molecule has 1 aromatic heterocycles. The quantitative estimate of drug-likeness (QED) is 0.512. The predicted molar refractivity (Wildman–Crippen MR) is 91.5 cm³/mol. The molecule has 8 heteroatoms. The fraction of sp³-hybridized carbons (Fsp3) is 0.625. The number of carbonyl (C=O) groups is 2. The van der Waals surface area contributed by atoms with Crippen LogP contribution in [-0.2, 0) is 16.1 Å². The molecule has 0 spiro atoms. The largest absolute Gasteiger partial charge is 0.394 e. The average molecular weight is 355 g/mol. The highest BCUT2D eigenvalue weighted by atomic mass is 32.1. The Morgan fingerprint density at radius 3 is 2.83 bits per heavy atom. The van der Waals surface area contributed by atoms with Crippen LogP contribution in [0.1, 0.15) is 24.6 Å². The summed E-state index contributed by atoms with van der Waals surface area (Å²) in [5.41, 5.74) is -1.04. The lowest BCUT2D eigenvalue weighted by Gasteiger charge is -2.36. The fourth-order valence-corrected chi connectivity index (χ4v) is 3.47. The molecule has 1 aromatic rings. The van der Waals surface area contributed by atoms with E-state index in [4.69, 9.17) is 0 Å². The molecule has 0 saturated carbocycles. The summed E-state index contributed by atoms with van der Waals surface area (Å²) in [6.07, 6.45) is 0.403. The Morgan fingerprint density at radius 2 is 2.25 bits per heavy atom. The summed E-state index contributed by atoms with van der Waals surface area (Å²) in [5.74, 6) is -0.513. The lowest BCUT2D eigenvalue weighted by molar-refractivity contribution is -0.135. The monoisotopic (exact) mass is 355 g/mol. The maximum Gasteiger partial charge on any atom is 0.237 e. The number of hydrogen-bond acceptors (Lipinski definition) is 6. The SMILES string of the molecule is CCC(CO)(CO)NC(=O)C[C@@H]1C(=O)NCCN1Cc1cccs1. The van der Waals surface area contributed by atoms with Crippen LogP contribution in [0.15, 0.2) is 17.5 Å². The van der Waals surface area contributed by atoms with Crippen molar-refractivity contribution in [2.24, 2.45) is 0 Å². The molecule has 1 saturated heterocycles. The molecule has 0 aromatic carbocycles. The van der Waals surface area contributed by atoms with E-state index in [1.807, 2.05) is 22.4 Å². The highest BCUT2D eigenvalue weighted by molar-refractivity contribution is 7.09. The second-order valence-electron chi connectivity index (χ2n) is 6.06. The number of amides is 2. The van der Waals surface area contributed by atoms with Crippen LogP contribution in [0.4, 0.5) is 0 Å². The molecule has 1 atom stereocenters. The van der Waals surface area contributed by atoms with Gasteiger partial charge in [0.05, 0.1) is 31.2 Å². The normalized spacial score (nSPS) is 19.1. The minimum Gasteiger partial charge on any atom is -0.394 e. The van der Waals surface area contributed by atoms with E-state index in [1.165, 1.54) is 0 Å². The van der Waals surface area contributed by atoms with Crippen LogP contribution in [0.25, 0.3) is 0 Å². The molecule has 4 N–H and O–H groups in total. The van der Waals surface area contributed by atoms with Crippen molar-refractivity contribution in [3.05, 3.63) is 22.4 Å². The smallest absolute Gasteiger partial charge is 0.237 e. The molecule has 0 unspecified atom stereocenters. The van der Waals surface area contributed by atoms with Gasteiger partial charge in [0.2, 0.25) is 11.8 Å². The van der Waals surface area contributed by atoms with Crippen LogP contribution < -0.4 is 10.6 Å². The summed E-state index contributed by atoms with van der Waals surface area (Å²) in [4.78, 5) is 27.7.